The van der Waals surface area contributed by atoms with E-state index in [0.717, 1.165) is 12.1 Å². The molecule has 2 aromatic rings. The Balaban J connectivity index is 2.52. The summed E-state index contributed by atoms with van der Waals surface area (Å²) in [5, 5.41) is 9.65. The lowest BCUT2D eigenvalue weighted by Gasteiger charge is -2.13. The summed E-state index contributed by atoms with van der Waals surface area (Å²) >= 11 is 17.9. The molecule has 0 aliphatic carbocycles. The molecule has 0 radical (unpaired) electrons. The molecule has 0 spiro atoms. The largest absolute Gasteiger partial charge is 0.292 e. The molecule has 2 nitrogen and oxygen atoms in total. The molecule has 0 saturated heterocycles. The Hall–Kier alpha value is -1.60. The van der Waals surface area contributed by atoms with Gasteiger partial charge in [-0.2, -0.15) is 5.26 Å². The molecule has 2 aromatic carbocycles. The summed E-state index contributed by atoms with van der Waals surface area (Å²) < 4.78 is 13.0. The Morgan fingerprint density at radius 2 is 1.71 bits per heavy atom. The predicted molar refractivity (Wildman–Crippen MR) is 80.6 cm³/mol. The third-order valence-corrected chi connectivity index (χ3v) is 3.85. The van der Waals surface area contributed by atoms with Gasteiger partial charge < -0.3 is 0 Å². The number of carbonyl (C=O) groups excluding carboxylic acids is 1. The third kappa shape index (κ3) is 3.19. The van der Waals surface area contributed by atoms with Crippen LogP contribution in [0.4, 0.5) is 4.39 Å². The summed E-state index contributed by atoms with van der Waals surface area (Å²) in [7, 11) is 0. The number of Topliss-reactive ketones (excluding diaryl/α,β-unsaturated/α-hetero) is 1. The molecule has 1 unspecified atom stereocenters. The lowest BCUT2D eigenvalue weighted by Crippen LogP contribution is -2.13. The minimum Gasteiger partial charge on any atom is -0.292 e. The highest BCUT2D eigenvalue weighted by Gasteiger charge is 2.27. The van der Waals surface area contributed by atoms with Crippen LogP contribution >= 0.6 is 34.8 Å². The van der Waals surface area contributed by atoms with E-state index in [-0.39, 0.29) is 26.2 Å². The highest BCUT2D eigenvalue weighted by molar-refractivity contribution is 6.37. The highest BCUT2D eigenvalue weighted by Crippen LogP contribution is 2.34. The Kier molecular flexibility index (Phi) is 4.84. The molecule has 106 valence electrons. The van der Waals surface area contributed by atoms with Crippen molar-refractivity contribution in [3.05, 3.63) is 68.4 Å². The van der Waals surface area contributed by atoms with Crippen LogP contribution in [0.3, 0.4) is 0 Å². The van der Waals surface area contributed by atoms with Crippen LogP contribution in [0.25, 0.3) is 0 Å². The molecule has 6 heteroatoms. The quantitative estimate of drug-likeness (QED) is 0.712. The fourth-order valence-electron chi connectivity index (χ4n) is 1.89. The number of benzene rings is 2. The van der Waals surface area contributed by atoms with Gasteiger partial charge in [-0.3, -0.25) is 4.79 Å². The van der Waals surface area contributed by atoms with Gasteiger partial charge in [-0.1, -0.05) is 40.9 Å². The van der Waals surface area contributed by atoms with Crippen LogP contribution in [0.1, 0.15) is 21.8 Å². The molecule has 0 aliphatic heterocycles. The van der Waals surface area contributed by atoms with Crippen LogP contribution in [-0.4, -0.2) is 5.78 Å². The lowest BCUT2D eigenvalue weighted by molar-refractivity contribution is 0.0979. The average molecular weight is 343 g/mol. The van der Waals surface area contributed by atoms with Gasteiger partial charge >= 0.3 is 0 Å². The fraction of sp³-hybridized carbons (Fsp3) is 0.0667. The summed E-state index contributed by atoms with van der Waals surface area (Å²) in [5.74, 6) is -2.37. The molecule has 2 rings (SSSR count). The van der Waals surface area contributed by atoms with Crippen LogP contribution in [0, 0.1) is 17.1 Å². The molecular weight excluding hydrogens is 336 g/mol. The van der Waals surface area contributed by atoms with Crippen LogP contribution < -0.4 is 0 Å². The number of nitriles is 1. The first-order valence-corrected chi connectivity index (χ1v) is 6.92. The average Bonchev–Trinajstić information content (AvgIpc) is 2.42. The van der Waals surface area contributed by atoms with Crippen molar-refractivity contribution >= 4 is 40.6 Å². The van der Waals surface area contributed by atoms with E-state index < -0.39 is 17.5 Å². The standard InChI is InChI=1S/C15H7Cl3FNO/c16-11-2-1-3-12(17)14(11)10(7-20)15(21)9-5-4-8(19)6-13(9)18/h1-6,10H. The first-order valence-electron chi connectivity index (χ1n) is 5.78. The van der Waals surface area contributed by atoms with Crippen LogP contribution in [0.15, 0.2) is 36.4 Å². The number of ketones is 1. The molecule has 0 fully saturated rings. The maximum Gasteiger partial charge on any atom is 0.186 e. The van der Waals surface area contributed by atoms with Crippen molar-refractivity contribution in [1.29, 1.82) is 5.26 Å². The molecule has 0 bridgehead atoms. The van der Waals surface area contributed by atoms with Gasteiger partial charge in [-0.15, -0.1) is 0 Å². The van der Waals surface area contributed by atoms with E-state index in [2.05, 4.69) is 0 Å². The van der Waals surface area contributed by atoms with E-state index in [1.165, 1.54) is 18.2 Å². The minimum atomic E-state index is -1.21. The van der Waals surface area contributed by atoms with Crippen molar-refractivity contribution < 1.29 is 9.18 Å². The summed E-state index contributed by atoms with van der Waals surface area (Å²) in [6, 6.07) is 9.89. The Labute approximate surface area is 135 Å². The second kappa shape index (κ2) is 6.44. The van der Waals surface area contributed by atoms with Crippen molar-refractivity contribution in [3.63, 3.8) is 0 Å². The van der Waals surface area contributed by atoms with Gasteiger partial charge in [0, 0.05) is 21.2 Å². The zero-order valence-corrected chi connectivity index (χ0v) is 12.7. The Bertz CT molecular complexity index is 735. The minimum absolute atomic E-state index is 0.0422. The Morgan fingerprint density at radius 3 is 2.24 bits per heavy atom. The summed E-state index contributed by atoms with van der Waals surface area (Å²) in [4.78, 5) is 12.5. The number of carbonyl (C=O) groups is 1. The van der Waals surface area contributed by atoms with E-state index in [9.17, 15) is 14.4 Å². The molecule has 0 aromatic heterocycles. The van der Waals surface area contributed by atoms with E-state index in [1.807, 2.05) is 6.07 Å². The summed E-state index contributed by atoms with van der Waals surface area (Å²) in [5.41, 5.74) is 0.259. The molecule has 0 N–H and O–H groups in total. The monoisotopic (exact) mass is 341 g/mol. The van der Waals surface area contributed by atoms with Crippen molar-refractivity contribution in [2.24, 2.45) is 0 Å². The van der Waals surface area contributed by atoms with Gasteiger partial charge in [0.25, 0.3) is 0 Å². The number of rotatable bonds is 3. The SMILES string of the molecule is N#CC(C(=O)c1ccc(F)cc1Cl)c1c(Cl)cccc1Cl. The normalized spacial score (nSPS) is 11.8. The molecule has 21 heavy (non-hydrogen) atoms. The first kappa shape index (κ1) is 15.8. The van der Waals surface area contributed by atoms with Gasteiger partial charge in [0.2, 0.25) is 0 Å². The molecule has 1 atom stereocenters. The number of hydrogen-bond donors (Lipinski definition) is 0. The highest BCUT2D eigenvalue weighted by atomic mass is 35.5. The second-order valence-electron chi connectivity index (χ2n) is 4.19. The second-order valence-corrected chi connectivity index (χ2v) is 5.41. The van der Waals surface area contributed by atoms with Gasteiger partial charge in [0.05, 0.1) is 11.1 Å². The zero-order valence-electron chi connectivity index (χ0n) is 10.4. The maximum atomic E-state index is 13.0. The Morgan fingerprint density at radius 1 is 1.10 bits per heavy atom. The van der Waals surface area contributed by atoms with Gasteiger partial charge in [0.1, 0.15) is 11.7 Å². The number of halogens is 4. The first-order chi connectivity index (χ1) is 9.95. The van der Waals surface area contributed by atoms with E-state index in [0.29, 0.717) is 0 Å². The van der Waals surface area contributed by atoms with Gasteiger partial charge in [0.15, 0.2) is 5.78 Å². The smallest absolute Gasteiger partial charge is 0.186 e. The summed E-state index contributed by atoms with van der Waals surface area (Å²) in [6.07, 6.45) is 0. The van der Waals surface area contributed by atoms with Crippen LogP contribution in [0.5, 0.6) is 0 Å². The van der Waals surface area contributed by atoms with Crippen molar-refractivity contribution in [1.82, 2.24) is 0 Å². The zero-order chi connectivity index (χ0) is 15.6. The third-order valence-electron chi connectivity index (χ3n) is 2.88. The van der Waals surface area contributed by atoms with Crippen molar-refractivity contribution in [3.8, 4) is 6.07 Å². The lowest BCUT2D eigenvalue weighted by atomic mass is 9.91. The van der Waals surface area contributed by atoms with Gasteiger partial charge in [-0.25, -0.2) is 4.39 Å². The van der Waals surface area contributed by atoms with E-state index >= 15 is 0 Å². The topological polar surface area (TPSA) is 40.9 Å². The van der Waals surface area contributed by atoms with E-state index in [1.54, 1.807) is 6.07 Å². The van der Waals surface area contributed by atoms with Crippen LogP contribution in [-0.2, 0) is 0 Å². The molecule has 0 heterocycles. The predicted octanol–water partition coefficient (Wildman–Crippen LogP) is 5.28. The number of nitrogens with zero attached hydrogens (tertiary/aromatic N) is 1. The van der Waals surface area contributed by atoms with Gasteiger partial charge in [-0.05, 0) is 30.3 Å². The summed E-state index contributed by atoms with van der Waals surface area (Å²) in [6.45, 7) is 0. The molecular formula is C15H7Cl3FNO. The van der Waals surface area contributed by atoms with E-state index in [4.69, 9.17) is 34.8 Å². The molecule has 0 aliphatic rings. The van der Waals surface area contributed by atoms with Crippen molar-refractivity contribution in [2.45, 2.75) is 5.92 Å². The maximum absolute atomic E-state index is 13.0. The molecule has 0 saturated carbocycles. The fourth-order valence-corrected chi connectivity index (χ4v) is 2.76. The molecule has 0 amide bonds. The number of hydrogen-bond acceptors (Lipinski definition) is 2. The van der Waals surface area contributed by atoms with Crippen LogP contribution in [0.2, 0.25) is 15.1 Å². The van der Waals surface area contributed by atoms with Crippen molar-refractivity contribution in [2.75, 3.05) is 0 Å².